The fourth-order valence-corrected chi connectivity index (χ4v) is 3.35. The van der Waals surface area contributed by atoms with Gasteiger partial charge >= 0.3 is 5.97 Å². The van der Waals surface area contributed by atoms with Gasteiger partial charge in [-0.15, -0.1) is 0 Å². The molecule has 0 bridgehead atoms. The monoisotopic (exact) mass is 382 g/mol. The minimum absolute atomic E-state index is 0.0286. The average Bonchev–Trinajstić information content (AvgIpc) is 2.64. The molecule has 0 unspecified atom stereocenters. The molecule has 0 aliphatic carbocycles. The Labute approximate surface area is 157 Å². The lowest BCUT2D eigenvalue weighted by Crippen LogP contribution is -2.15. The number of ether oxygens (including phenoxy) is 1. The topological polar surface area (TPSA) is 77.5 Å². The van der Waals surface area contributed by atoms with E-state index >= 15 is 0 Å². The van der Waals surface area contributed by atoms with Crippen molar-refractivity contribution in [1.82, 2.24) is 0 Å². The number of ketones is 1. The molecular formula is C21H18O5S. The molecule has 0 fully saturated rings. The third-order valence-electron chi connectivity index (χ3n) is 4.26. The minimum atomic E-state index is -3.45. The van der Waals surface area contributed by atoms with Crippen LogP contribution in [0.25, 0.3) is 10.8 Å². The number of carbonyl (C=O) groups excluding carboxylic acids is 2. The van der Waals surface area contributed by atoms with Gasteiger partial charge in [-0.3, -0.25) is 4.79 Å². The standard InChI is InChI=1S/C21H18O5S/c1-14-7-10-18(27(2,24)25)12-19(14)21(23)26-13-20(22)17-9-8-15-5-3-4-6-16(15)11-17/h3-12H,13H2,1-2H3. The molecule has 0 saturated carbocycles. The van der Waals surface area contributed by atoms with E-state index in [1.807, 2.05) is 30.3 Å². The van der Waals surface area contributed by atoms with Gasteiger partial charge in [-0.2, -0.15) is 0 Å². The van der Waals surface area contributed by atoms with Crippen LogP contribution < -0.4 is 0 Å². The number of hydrogen-bond donors (Lipinski definition) is 0. The van der Waals surface area contributed by atoms with Crippen molar-refractivity contribution in [1.29, 1.82) is 0 Å². The smallest absolute Gasteiger partial charge is 0.338 e. The zero-order valence-corrected chi connectivity index (χ0v) is 15.7. The molecule has 6 heteroatoms. The molecule has 3 aromatic rings. The Morgan fingerprint density at radius 3 is 2.33 bits per heavy atom. The molecule has 27 heavy (non-hydrogen) atoms. The number of fused-ring (bicyclic) bond motifs is 1. The zero-order valence-electron chi connectivity index (χ0n) is 14.9. The first-order valence-electron chi connectivity index (χ1n) is 8.25. The number of carbonyl (C=O) groups is 2. The van der Waals surface area contributed by atoms with Crippen molar-refractivity contribution in [3.05, 3.63) is 77.4 Å². The van der Waals surface area contributed by atoms with Crippen LogP contribution in [0.5, 0.6) is 0 Å². The van der Waals surface area contributed by atoms with Crippen molar-refractivity contribution in [3.63, 3.8) is 0 Å². The van der Waals surface area contributed by atoms with Crippen LogP contribution in [0.2, 0.25) is 0 Å². The molecule has 0 aliphatic heterocycles. The van der Waals surface area contributed by atoms with Crippen molar-refractivity contribution < 1.29 is 22.7 Å². The Balaban J connectivity index is 1.76. The fraction of sp³-hybridized carbons (Fsp3) is 0.143. The van der Waals surface area contributed by atoms with Crippen LogP contribution in [0, 0.1) is 6.92 Å². The Morgan fingerprint density at radius 2 is 1.63 bits per heavy atom. The molecule has 0 heterocycles. The van der Waals surface area contributed by atoms with E-state index in [1.54, 1.807) is 19.1 Å². The Bertz CT molecular complexity index is 1150. The quantitative estimate of drug-likeness (QED) is 0.498. The predicted molar refractivity (Wildman–Crippen MR) is 103 cm³/mol. The predicted octanol–water partition coefficient (Wildman–Crippen LogP) is 3.59. The molecule has 138 valence electrons. The molecule has 0 aliphatic rings. The third kappa shape index (κ3) is 4.23. The van der Waals surface area contributed by atoms with Gasteiger partial charge in [0.15, 0.2) is 22.2 Å². The highest BCUT2D eigenvalue weighted by molar-refractivity contribution is 7.90. The normalized spacial score (nSPS) is 11.3. The van der Waals surface area contributed by atoms with E-state index in [4.69, 9.17) is 4.74 Å². The van der Waals surface area contributed by atoms with Gasteiger partial charge in [0.05, 0.1) is 10.5 Å². The van der Waals surface area contributed by atoms with Crippen LogP contribution in [0.15, 0.2) is 65.6 Å². The molecule has 3 aromatic carbocycles. The van der Waals surface area contributed by atoms with Crippen LogP contribution in [0.1, 0.15) is 26.3 Å². The van der Waals surface area contributed by atoms with Gasteiger partial charge in [-0.05, 0) is 41.5 Å². The molecule has 0 aromatic heterocycles. The van der Waals surface area contributed by atoms with E-state index in [9.17, 15) is 18.0 Å². The minimum Gasteiger partial charge on any atom is -0.454 e. The molecule has 0 saturated heterocycles. The van der Waals surface area contributed by atoms with Gasteiger partial charge in [0.1, 0.15) is 0 Å². The number of rotatable bonds is 5. The van der Waals surface area contributed by atoms with E-state index in [0.717, 1.165) is 17.0 Å². The summed E-state index contributed by atoms with van der Waals surface area (Å²) in [7, 11) is -3.45. The zero-order chi connectivity index (χ0) is 19.6. The largest absolute Gasteiger partial charge is 0.454 e. The maximum absolute atomic E-state index is 12.4. The van der Waals surface area contributed by atoms with Gasteiger partial charge in [0.2, 0.25) is 0 Å². The summed E-state index contributed by atoms with van der Waals surface area (Å²) in [6.45, 7) is 1.26. The first-order chi connectivity index (χ1) is 12.8. The van der Waals surface area contributed by atoms with Crippen LogP contribution in [0.3, 0.4) is 0 Å². The molecule has 0 radical (unpaired) electrons. The summed E-state index contributed by atoms with van der Waals surface area (Å²) in [5.41, 5.74) is 1.15. The summed E-state index contributed by atoms with van der Waals surface area (Å²) in [4.78, 5) is 24.7. The summed E-state index contributed by atoms with van der Waals surface area (Å²) < 4.78 is 28.5. The average molecular weight is 382 g/mol. The highest BCUT2D eigenvalue weighted by Gasteiger charge is 2.17. The van der Waals surface area contributed by atoms with E-state index in [2.05, 4.69) is 0 Å². The van der Waals surface area contributed by atoms with Crippen molar-refractivity contribution in [2.75, 3.05) is 12.9 Å². The molecule has 5 nitrogen and oxygen atoms in total. The number of aryl methyl sites for hydroxylation is 1. The fourth-order valence-electron chi connectivity index (χ4n) is 2.71. The SMILES string of the molecule is Cc1ccc(S(C)(=O)=O)cc1C(=O)OCC(=O)c1ccc2ccccc2c1. The second kappa shape index (κ2) is 7.32. The number of Topliss-reactive ketones (excluding diaryl/α,β-unsaturated/α-hetero) is 1. The molecule has 0 atom stereocenters. The highest BCUT2D eigenvalue weighted by Crippen LogP contribution is 2.18. The van der Waals surface area contributed by atoms with Gasteiger partial charge < -0.3 is 4.74 Å². The van der Waals surface area contributed by atoms with Crippen LogP contribution >= 0.6 is 0 Å². The van der Waals surface area contributed by atoms with E-state index in [1.165, 1.54) is 18.2 Å². The maximum atomic E-state index is 12.4. The third-order valence-corrected chi connectivity index (χ3v) is 5.37. The van der Waals surface area contributed by atoms with Crippen molar-refractivity contribution in [3.8, 4) is 0 Å². The summed E-state index contributed by atoms with van der Waals surface area (Å²) in [6, 6.07) is 17.2. The van der Waals surface area contributed by atoms with E-state index in [0.29, 0.717) is 11.1 Å². The maximum Gasteiger partial charge on any atom is 0.338 e. The summed E-state index contributed by atoms with van der Waals surface area (Å²) in [5.74, 6) is -1.06. The lowest BCUT2D eigenvalue weighted by atomic mass is 10.0. The van der Waals surface area contributed by atoms with E-state index in [-0.39, 0.29) is 16.2 Å². The molecular weight excluding hydrogens is 364 g/mol. The Morgan fingerprint density at radius 1 is 0.926 bits per heavy atom. The summed E-state index contributed by atoms with van der Waals surface area (Å²) in [6.07, 6.45) is 1.07. The molecule has 0 amide bonds. The Hall–Kier alpha value is -2.99. The van der Waals surface area contributed by atoms with Gasteiger partial charge in [-0.1, -0.05) is 42.5 Å². The number of esters is 1. The van der Waals surface area contributed by atoms with Gasteiger partial charge in [-0.25, -0.2) is 13.2 Å². The van der Waals surface area contributed by atoms with Crippen LogP contribution in [-0.2, 0) is 14.6 Å². The lowest BCUT2D eigenvalue weighted by molar-refractivity contribution is 0.0474. The van der Waals surface area contributed by atoms with Crippen LogP contribution in [-0.4, -0.2) is 33.0 Å². The van der Waals surface area contributed by atoms with Crippen LogP contribution in [0.4, 0.5) is 0 Å². The van der Waals surface area contributed by atoms with Crippen molar-refractivity contribution in [2.24, 2.45) is 0 Å². The number of hydrogen-bond acceptors (Lipinski definition) is 5. The lowest BCUT2D eigenvalue weighted by Gasteiger charge is -2.09. The second-order valence-electron chi connectivity index (χ2n) is 6.31. The van der Waals surface area contributed by atoms with E-state index < -0.39 is 22.4 Å². The van der Waals surface area contributed by atoms with Gasteiger partial charge in [0, 0.05) is 11.8 Å². The Kier molecular flexibility index (Phi) is 5.10. The highest BCUT2D eigenvalue weighted by atomic mass is 32.2. The first-order valence-corrected chi connectivity index (χ1v) is 10.1. The van der Waals surface area contributed by atoms with Crippen molar-refractivity contribution in [2.45, 2.75) is 11.8 Å². The number of benzene rings is 3. The van der Waals surface area contributed by atoms with Crippen molar-refractivity contribution >= 4 is 32.4 Å². The number of sulfone groups is 1. The van der Waals surface area contributed by atoms with Gasteiger partial charge in [0.25, 0.3) is 0 Å². The summed E-state index contributed by atoms with van der Waals surface area (Å²) in [5, 5.41) is 1.94. The molecule has 0 N–H and O–H groups in total. The summed E-state index contributed by atoms with van der Waals surface area (Å²) >= 11 is 0. The second-order valence-corrected chi connectivity index (χ2v) is 8.33. The molecule has 3 rings (SSSR count). The molecule has 0 spiro atoms. The first kappa shape index (κ1) is 18.8.